The Morgan fingerprint density at radius 3 is 1.31 bits per heavy atom. The van der Waals surface area contributed by atoms with Gasteiger partial charge in [-0.3, -0.25) is 9.80 Å². The number of aromatic nitrogens is 2. The summed E-state index contributed by atoms with van der Waals surface area (Å²) < 4.78 is 0. The predicted octanol–water partition coefficient (Wildman–Crippen LogP) is 13.7. The predicted molar refractivity (Wildman–Crippen MR) is 227 cm³/mol. The van der Waals surface area contributed by atoms with Crippen molar-refractivity contribution in [2.75, 3.05) is 9.80 Å². The summed E-state index contributed by atoms with van der Waals surface area (Å²) >= 11 is 0. The van der Waals surface area contributed by atoms with E-state index in [0.29, 0.717) is 0 Å². The highest BCUT2D eigenvalue weighted by Crippen LogP contribution is 2.41. The smallest absolute Gasteiger partial charge is 0.145 e. The topological polar surface area (TPSA) is 32.3 Å². The molecule has 0 spiro atoms. The molecule has 8 aromatic carbocycles. The molecule has 4 heteroatoms. The van der Waals surface area contributed by atoms with Crippen molar-refractivity contribution in [1.29, 1.82) is 0 Å². The van der Waals surface area contributed by atoms with Crippen LogP contribution in [0.2, 0.25) is 0 Å². The minimum Gasteiger partial charge on any atom is -0.295 e. The Hall–Kier alpha value is -7.30. The molecule has 0 unspecified atom stereocenters. The van der Waals surface area contributed by atoms with E-state index in [-0.39, 0.29) is 0 Å². The van der Waals surface area contributed by atoms with E-state index in [4.69, 9.17) is 9.97 Å². The van der Waals surface area contributed by atoms with Crippen LogP contribution in [0.15, 0.2) is 207 Å². The molecular formula is C50H34N4. The molecule has 0 aliphatic heterocycles. The molecule has 2 heterocycles. The van der Waals surface area contributed by atoms with Crippen LogP contribution in [0.1, 0.15) is 0 Å². The molecule has 0 aliphatic rings. The summed E-state index contributed by atoms with van der Waals surface area (Å²) in [5.41, 5.74) is 6.59. The number of hydrogen-bond donors (Lipinski definition) is 0. The summed E-state index contributed by atoms with van der Waals surface area (Å²) in [6, 6.07) is 68.8. The van der Waals surface area contributed by atoms with Gasteiger partial charge in [0.2, 0.25) is 0 Å². The van der Waals surface area contributed by atoms with Gasteiger partial charge in [-0.15, -0.1) is 0 Å². The molecule has 54 heavy (non-hydrogen) atoms. The Labute approximate surface area is 313 Å². The lowest BCUT2D eigenvalue weighted by Gasteiger charge is -2.26. The molecule has 0 saturated carbocycles. The number of rotatable bonds is 7. The van der Waals surface area contributed by atoms with Crippen molar-refractivity contribution < 1.29 is 0 Å². The second-order valence-electron chi connectivity index (χ2n) is 13.5. The number of hydrogen-bond acceptors (Lipinski definition) is 4. The van der Waals surface area contributed by atoms with Crippen molar-refractivity contribution in [2.24, 2.45) is 0 Å². The SMILES string of the molecule is c1ccc(N(c2ccc(-c3ccc4c(ccc5cc(N(c6ccccc6)c6nccc7ccccc67)ccc54)c3)cc2)c2nccc3ccccc23)cc1. The van der Waals surface area contributed by atoms with Gasteiger partial charge in [0.05, 0.1) is 0 Å². The van der Waals surface area contributed by atoms with Gasteiger partial charge in [0.1, 0.15) is 11.6 Å². The number of pyridine rings is 2. The van der Waals surface area contributed by atoms with Gasteiger partial charge in [-0.25, -0.2) is 9.97 Å². The van der Waals surface area contributed by atoms with E-state index in [1.807, 2.05) is 18.5 Å². The first-order valence-electron chi connectivity index (χ1n) is 18.2. The molecule has 0 bridgehead atoms. The summed E-state index contributed by atoms with van der Waals surface area (Å²) in [7, 11) is 0. The van der Waals surface area contributed by atoms with Gasteiger partial charge in [0, 0.05) is 45.9 Å². The lowest BCUT2D eigenvalue weighted by molar-refractivity contribution is 1.20. The molecule has 0 aliphatic carbocycles. The molecule has 0 N–H and O–H groups in total. The second-order valence-corrected chi connectivity index (χ2v) is 13.5. The van der Waals surface area contributed by atoms with Crippen LogP contribution >= 0.6 is 0 Å². The normalized spacial score (nSPS) is 11.3. The highest BCUT2D eigenvalue weighted by atomic mass is 15.2. The van der Waals surface area contributed by atoms with Gasteiger partial charge in [0.25, 0.3) is 0 Å². The molecule has 0 fully saturated rings. The van der Waals surface area contributed by atoms with E-state index in [9.17, 15) is 0 Å². The van der Waals surface area contributed by atoms with Crippen molar-refractivity contribution in [3.8, 4) is 11.1 Å². The lowest BCUT2D eigenvalue weighted by Crippen LogP contribution is -2.12. The van der Waals surface area contributed by atoms with Crippen molar-refractivity contribution in [1.82, 2.24) is 9.97 Å². The van der Waals surface area contributed by atoms with Gasteiger partial charge in [-0.2, -0.15) is 0 Å². The van der Waals surface area contributed by atoms with Gasteiger partial charge >= 0.3 is 0 Å². The molecule has 0 amide bonds. The zero-order valence-corrected chi connectivity index (χ0v) is 29.4. The molecule has 2 aromatic heterocycles. The molecule has 254 valence electrons. The maximum Gasteiger partial charge on any atom is 0.145 e. The third kappa shape index (κ3) is 5.58. The summed E-state index contributed by atoms with van der Waals surface area (Å²) in [5.74, 6) is 1.82. The van der Waals surface area contributed by atoms with Crippen LogP contribution in [0.3, 0.4) is 0 Å². The van der Waals surface area contributed by atoms with Crippen molar-refractivity contribution in [3.05, 3.63) is 207 Å². The zero-order valence-electron chi connectivity index (χ0n) is 29.4. The fourth-order valence-corrected chi connectivity index (χ4v) is 7.69. The fourth-order valence-electron chi connectivity index (χ4n) is 7.69. The van der Waals surface area contributed by atoms with Gasteiger partial charge in [-0.1, -0.05) is 127 Å². The van der Waals surface area contributed by atoms with E-state index in [1.54, 1.807) is 0 Å². The second kappa shape index (κ2) is 13.4. The first-order chi connectivity index (χ1) is 26.8. The summed E-state index contributed by atoms with van der Waals surface area (Å²) in [6.07, 6.45) is 3.79. The minimum absolute atomic E-state index is 0.910. The van der Waals surface area contributed by atoms with Crippen LogP contribution in [0.4, 0.5) is 34.4 Å². The first kappa shape index (κ1) is 31.4. The number of anilines is 6. The van der Waals surface area contributed by atoms with Crippen LogP contribution in [0.5, 0.6) is 0 Å². The third-order valence-corrected chi connectivity index (χ3v) is 10.3. The third-order valence-electron chi connectivity index (χ3n) is 10.3. The average Bonchev–Trinajstić information content (AvgIpc) is 3.25. The largest absolute Gasteiger partial charge is 0.295 e. The highest BCUT2D eigenvalue weighted by molar-refractivity contribution is 6.10. The monoisotopic (exact) mass is 690 g/mol. The lowest BCUT2D eigenvalue weighted by atomic mass is 9.97. The van der Waals surface area contributed by atoms with Crippen molar-refractivity contribution in [2.45, 2.75) is 0 Å². The van der Waals surface area contributed by atoms with Crippen LogP contribution in [0.25, 0.3) is 54.2 Å². The fraction of sp³-hybridized carbons (Fsp3) is 0. The molecular weight excluding hydrogens is 657 g/mol. The van der Waals surface area contributed by atoms with E-state index >= 15 is 0 Å². The Balaban J connectivity index is 1.01. The maximum atomic E-state index is 4.91. The average molecular weight is 691 g/mol. The summed E-state index contributed by atoms with van der Waals surface area (Å²) in [6.45, 7) is 0. The van der Waals surface area contributed by atoms with E-state index in [2.05, 4.69) is 198 Å². The van der Waals surface area contributed by atoms with E-state index in [1.165, 1.54) is 27.1 Å². The standard InChI is InChI=1S/C50H34N4/c1-3-13-41(14-4-1)53(49-47-17-9-7-11-36(47)29-31-51-49)43-24-21-35(22-25-43)38-23-27-45-39(33-38)19-20-40-34-44(26-28-46(40)45)54(42-15-5-2-6-16-42)50-48-18-10-8-12-37(48)30-32-52-50/h1-34H. The Kier molecular flexibility index (Phi) is 7.77. The number of fused-ring (bicyclic) bond motifs is 5. The molecule has 10 aromatic rings. The minimum atomic E-state index is 0.910. The molecule has 0 saturated heterocycles. The maximum absolute atomic E-state index is 4.91. The van der Waals surface area contributed by atoms with Crippen molar-refractivity contribution >= 4 is 77.5 Å². The molecule has 4 nitrogen and oxygen atoms in total. The number of nitrogens with zero attached hydrogens (tertiary/aromatic N) is 4. The summed E-state index contributed by atoms with van der Waals surface area (Å²) in [5, 5.41) is 9.39. The number of benzene rings is 8. The molecule has 10 rings (SSSR count). The van der Waals surface area contributed by atoms with Crippen LogP contribution in [0, 0.1) is 0 Å². The Morgan fingerprint density at radius 2 is 0.722 bits per heavy atom. The summed E-state index contributed by atoms with van der Waals surface area (Å²) in [4.78, 5) is 14.3. The number of para-hydroxylation sites is 2. The Morgan fingerprint density at radius 1 is 0.278 bits per heavy atom. The Bertz CT molecular complexity index is 2930. The van der Waals surface area contributed by atoms with Crippen LogP contribution in [-0.4, -0.2) is 9.97 Å². The zero-order chi connectivity index (χ0) is 35.8. The highest BCUT2D eigenvalue weighted by Gasteiger charge is 2.19. The van der Waals surface area contributed by atoms with E-state index in [0.717, 1.165) is 61.5 Å². The van der Waals surface area contributed by atoms with Crippen LogP contribution < -0.4 is 9.80 Å². The van der Waals surface area contributed by atoms with Gasteiger partial charge in [0.15, 0.2) is 0 Å². The van der Waals surface area contributed by atoms with Gasteiger partial charge in [-0.05, 0) is 110 Å². The quantitative estimate of drug-likeness (QED) is 0.156. The molecule has 0 radical (unpaired) electrons. The first-order valence-corrected chi connectivity index (χ1v) is 18.2. The van der Waals surface area contributed by atoms with Gasteiger partial charge < -0.3 is 0 Å². The van der Waals surface area contributed by atoms with E-state index < -0.39 is 0 Å². The van der Waals surface area contributed by atoms with Crippen LogP contribution in [-0.2, 0) is 0 Å². The molecule has 0 atom stereocenters. The van der Waals surface area contributed by atoms with Crippen molar-refractivity contribution in [3.63, 3.8) is 0 Å².